The average molecular weight is 439 g/mol. The van der Waals surface area contributed by atoms with Gasteiger partial charge in [0.05, 0.1) is 18.6 Å². The van der Waals surface area contributed by atoms with Gasteiger partial charge in [-0.05, 0) is 49.8 Å². The van der Waals surface area contributed by atoms with Crippen LogP contribution in [0.1, 0.15) is 28.4 Å². The van der Waals surface area contributed by atoms with Gasteiger partial charge in [0.1, 0.15) is 16.4 Å². The number of amides is 1. The number of aliphatic hydroxyl groups is 1. The Labute approximate surface area is 183 Å². The Morgan fingerprint density at radius 2 is 1.84 bits per heavy atom. The van der Waals surface area contributed by atoms with E-state index >= 15 is 0 Å². The molecule has 8 heteroatoms. The second-order valence-corrected chi connectivity index (χ2v) is 7.60. The number of phenolic OH excluding ortho intramolecular Hbond substituents is 1. The van der Waals surface area contributed by atoms with Crippen molar-refractivity contribution in [3.63, 3.8) is 0 Å². The summed E-state index contributed by atoms with van der Waals surface area (Å²) < 4.78 is 10.1. The number of carbonyl (C=O) groups is 2. The molecule has 2 aromatic carbocycles. The molecule has 2 aromatic rings. The zero-order valence-corrected chi connectivity index (χ0v) is 18.0. The van der Waals surface area contributed by atoms with E-state index in [2.05, 4.69) is 4.99 Å². The molecular formula is C23H21NO6S. The number of aromatic hydroxyl groups is 1. The second-order valence-electron chi connectivity index (χ2n) is 6.57. The van der Waals surface area contributed by atoms with E-state index in [0.717, 1.165) is 17.3 Å². The molecule has 2 N–H and O–H groups in total. The molecular weight excluding hydrogens is 418 g/mol. The standard InChI is InChI=1S/C23H21NO6S/c1-4-30-23(28)19-20(26)18(12-14-7-10-17(29-3)16(25)11-14)31-22(19)24-21(27)15-8-5-13(2)6-9-15/h5-12,25-26H,4H2,1-3H3/b18-12-,24-22?. The van der Waals surface area contributed by atoms with E-state index in [1.54, 1.807) is 49.4 Å². The van der Waals surface area contributed by atoms with Crippen molar-refractivity contribution in [2.75, 3.05) is 13.7 Å². The Morgan fingerprint density at radius 3 is 2.45 bits per heavy atom. The lowest BCUT2D eigenvalue weighted by atomic mass is 10.1. The number of ether oxygens (including phenoxy) is 2. The van der Waals surface area contributed by atoms with Crippen LogP contribution in [-0.4, -0.2) is 40.8 Å². The predicted molar refractivity (Wildman–Crippen MR) is 119 cm³/mol. The molecule has 0 aliphatic carbocycles. The highest BCUT2D eigenvalue weighted by Crippen LogP contribution is 2.40. The molecule has 7 nitrogen and oxygen atoms in total. The fourth-order valence-corrected chi connectivity index (χ4v) is 3.81. The van der Waals surface area contributed by atoms with Gasteiger partial charge in [0.2, 0.25) is 0 Å². The van der Waals surface area contributed by atoms with Gasteiger partial charge in [0.15, 0.2) is 11.5 Å². The maximum Gasteiger partial charge on any atom is 0.344 e. The number of aliphatic hydroxyl groups excluding tert-OH is 1. The Balaban J connectivity index is 2.00. The van der Waals surface area contributed by atoms with Gasteiger partial charge in [0.25, 0.3) is 5.91 Å². The maximum atomic E-state index is 12.6. The molecule has 3 rings (SSSR count). The number of rotatable bonds is 5. The molecule has 1 amide bonds. The van der Waals surface area contributed by atoms with Crippen molar-refractivity contribution in [1.29, 1.82) is 0 Å². The summed E-state index contributed by atoms with van der Waals surface area (Å²) in [7, 11) is 1.44. The lowest BCUT2D eigenvalue weighted by Crippen LogP contribution is -2.14. The van der Waals surface area contributed by atoms with Crippen molar-refractivity contribution in [3.8, 4) is 11.5 Å². The van der Waals surface area contributed by atoms with E-state index in [-0.39, 0.29) is 28.7 Å². The predicted octanol–water partition coefficient (Wildman–Crippen LogP) is 4.41. The number of hydrogen-bond donors (Lipinski definition) is 2. The number of hydrogen-bond acceptors (Lipinski definition) is 7. The minimum Gasteiger partial charge on any atom is -0.506 e. The molecule has 0 fully saturated rings. The number of methoxy groups -OCH3 is 1. The molecule has 0 saturated carbocycles. The van der Waals surface area contributed by atoms with Gasteiger partial charge in [-0.25, -0.2) is 9.79 Å². The smallest absolute Gasteiger partial charge is 0.344 e. The molecule has 0 spiro atoms. The average Bonchev–Trinajstić information content (AvgIpc) is 3.03. The Bertz CT molecular complexity index is 1120. The molecule has 0 bridgehead atoms. The first kappa shape index (κ1) is 22.2. The SMILES string of the molecule is CCOC(=O)C1=C(O)/C(=C/c2ccc(OC)c(O)c2)SC1=NC(=O)c1ccc(C)cc1. The molecule has 0 aromatic heterocycles. The molecule has 0 atom stereocenters. The maximum absolute atomic E-state index is 12.6. The van der Waals surface area contributed by atoms with Crippen molar-refractivity contribution < 1.29 is 29.3 Å². The third-order valence-corrected chi connectivity index (χ3v) is 5.39. The van der Waals surface area contributed by atoms with E-state index < -0.39 is 11.9 Å². The number of aryl methyl sites for hydroxylation is 1. The van der Waals surface area contributed by atoms with Crippen LogP contribution in [-0.2, 0) is 9.53 Å². The van der Waals surface area contributed by atoms with Crippen LogP contribution >= 0.6 is 11.8 Å². The summed E-state index contributed by atoms with van der Waals surface area (Å²) in [6, 6.07) is 11.6. The van der Waals surface area contributed by atoms with Crippen molar-refractivity contribution >= 4 is 34.8 Å². The van der Waals surface area contributed by atoms with Crippen LogP contribution in [0.2, 0.25) is 0 Å². The number of nitrogens with zero attached hydrogens (tertiary/aromatic N) is 1. The first-order chi connectivity index (χ1) is 14.8. The normalized spacial score (nSPS) is 16.1. The highest BCUT2D eigenvalue weighted by atomic mass is 32.2. The molecule has 1 aliphatic rings. The lowest BCUT2D eigenvalue weighted by Gasteiger charge is -2.04. The molecule has 0 radical (unpaired) electrons. The van der Waals surface area contributed by atoms with Gasteiger partial charge in [-0.1, -0.05) is 35.5 Å². The van der Waals surface area contributed by atoms with Crippen molar-refractivity contribution in [2.45, 2.75) is 13.8 Å². The first-order valence-electron chi connectivity index (χ1n) is 9.41. The Morgan fingerprint density at radius 1 is 1.13 bits per heavy atom. The van der Waals surface area contributed by atoms with Gasteiger partial charge in [0, 0.05) is 5.56 Å². The fourth-order valence-electron chi connectivity index (χ4n) is 2.79. The highest BCUT2D eigenvalue weighted by molar-refractivity contribution is 8.18. The van der Waals surface area contributed by atoms with E-state index in [4.69, 9.17) is 9.47 Å². The number of thioether (sulfide) groups is 1. The topological polar surface area (TPSA) is 105 Å². The Kier molecular flexibility index (Phi) is 6.81. The monoisotopic (exact) mass is 439 g/mol. The third kappa shape index (κ3) is 4.97. The third-order valence-electron chi connectivity index (χ3n) is 4.37. The number of phenols is 1. The van der Waals surface area contributed by atoms with E-state index in [1.807, 2.05) is 6.92 Å². The van der Waals surface area contributed by atoms with Crippen molar-refractivity contribution in [1.82, 2.24) is 0 Å². The van der Waals surface area contributed by atoms with Gasteiger partial charge < -0.3 is 19.7 Å². The van der Waals surface area contributed by atoms with E-state index in [9.17, 15) is 19.8 Å². The van der Waals surface area contributed by atoms with Crippen LogP contribution in [0.25, 0.3) is 6.08 Å². The summed E-state index contributed by atoms with van der Waals surface area (Å²) in [5, 5.41) is 20.7. The summed E-state index contributed by atoms with van der Waals surface area (Å²) in [6.07, 6.45) is 1.57. The minimum atomic E-state index is -0.774. The summed E-state index contributed by atoms with van der Waals surface area (Å²) in [5.74, 6) is -1.42. The van der Waals surface area contributed by atoms with Crippen LogP contribution < -0.4 is 4.74 Å². The van der Waals surface area contributed by atoms with Crippen LogP contribution in [0.5, 0.6) is 11.5 Å². The van der Waals surface area contributed by atoms with Crippen molar-refractivity contribution in [2.24, 2.45) is 4.99 Å². The second kappa shape index (κ2) is 9.53. The van der Waals surface area contributed by atoms with Crippen LogP contribution in [0.3, 0.4) is 0 Å². The van der Waals surface area contributed by atoms with Gasteiger partial charge in [-0.2, -0.15) is 0 Å². The minimum absolute atomic E-state index is 0.0468. The zero-order chi connectivity index (χ0) is 22.5. The highest BCUT2D eigenvalue weighted by Gasteiger charge is 2.34. The quantitative estimate of drug-likeness (QED) is 0.665. The summed E-state index contributed by atoms with van der Waals surface area (Å²) in [4.78, 5) is 29.4. The lowest BCUT2D eigenvalue weighted by molar-refractivity contribution is -0.138. The fraction of sp³-hybridized carbons (Fsp3) is 0.174. The summed E-state index contributed by atoms with van der Waals surface area (Å²) in [5.41, 5.74) is 1.74. The van der Waals surface area contributed by atoms with Gasteiger partial charge in [-0.3, -0.25) is 4.79 Å². The van der Waals surface area contributed by atoms with Crippen LogP contribution in [0.15, 0.2) is 63.7 Å². The molecule has 31 heavy (non-hydrogen) atoms. The van der Waals surface area contributed by atoms with Crippen LogP contribution in [0, 0.1) is 6.92 Å². The number of aliphatic imine (C=N–C) groups is 1. The number of benzene rings is 2. The van der Waals surface area contributed by atoms with Crippen LogP contribution in [0.4, 0.5) is 0 Å². The summed E-state index contributed by atoms with van der Waals surface area (Å²) in [6.45, 7) is 3.65. The largest absolute Gasteiger partial charge is 0.506 e. The molecule has 160 valence electrons. The molecule has 0 unspecified atom stereocenters. The molecule has 1 heterocycles. The van der Waals surface area contributed by atoms with E-state index in [1.165, 1.54) is 13.2 Å². The first-order valence-corrected chi connectivity index (χ1v) is 10.2. The van der Waals surface area contributed by atoms with Crippen molar-refractivity contribution in [3.05, 3.63) is 75.4 Å². The van der Waals surface area contributed by atoms with E-state index in [0.29, 0.717) is 21.8 Å². The summed E-state index contributed by atoms with van der Waals surface area (Å²) >= 11 is 0.970. The molecule has 1 aliphatic heterocycles. The van der Waals surface area contributed by atoms with Gasteiger partial charge in [-0.15, -0.1) is 0 Å². The Hall–Kier alpha value is -3.52. The zero-order valence-electron chi connectivity index (χ0n) is 17.2. The molecule has 0 saturated heterocycles. The van der Waals surface area contributed by atoms with Gasteiger partial charge >= 0.3 is 5.97 Å². The number of carbonyl (C=O) groups excluding carboxylic acids is 2. The number of esters is 1.